The van der Waals surface area contributed by atoms with E-state index in [2.05, 4.69) is 5.32 Å². The van der Waals surface area contributed by atoms with E-state index >= 15 is 0 Å². The van der Waals surface area contributed by atoms with Crippen molar-refractivity contribution >= 4 is 35.2 Å². The summed E-state index contributed by atoms with van der Waals surface area (Å²) in [5.74, 6) is -1.78. The molecular weight excluding hydrogens is 374 g/mol. The zero-order valence-electron chi connectivity index (χ0n) is 14.9. The molecule has 1 aromatic rings. The van der Waals surface area contributed by atoms with Gasteiger partial charge in [-0.1, -0.05) is 19.3 Å². The lowest BCUT2D eigenvalue weighted by molar-refractivity contribution is -0.387. The number of rotatable bonds is 7. The summed E-state index contributed by atoms with van der Waals surface area (Å²) in [5, 5.41) is 14.0. The Kier molecular flexibility index (Phi) is 6.78. The number of methoxy groups -OCH3 is 1. The third-order valence-corrected chi connectivity index (χ3v) is 5.52. The highest BCUT2D eigenvalue weighted by Crippen LogP contribution is 2.32. The van der Waals surface area contributed by atoms with Crippen LogP contribution < -0.4 is 11.1 Å². The molecule has 10 heteroatoms. The largest absolute Gasteiger partial charge is 0.467 e. The Morgan fingerprint density at radius 2 is 1.96 bits per heavy atom. The van der Waals surface area contributed by atoms with Crippen molar-refractivity contribution in [3.63, 3.8) is 0 Å². The fraction of sp³-hybridized carbons (Fsp3) is 0.471. The minimum Gasteiger partial charge on any atom is -0.467 e. The number of hydrogen-bond donors (Lipinski definition) is 2. The van der Waals surface area contributed by atoms with E-state index in [0.29, 0.717) is 12.8 Å². The van der Waals surface area contributed by atoms with E-state index in [1.807, 2.05) is 0 Å². The molecule has 9 nitrogen and oxygen atoms in total. The van der Waals surface area contributed by atoms with Gasteiger partial charge < -0.3 is 15.8 Å². The maximum absolute atomic E-state index is 12.4. The molecule has 0 aliphatic heterocycles. The molecule has 1 saturated carbocycles. The number of benzene rings is 1. The van der Waals surface area contributed by atoms with Crippen LogP contribution in [0, 0.1) is 10.1 Å². The number of thioether (sulfide) groups is 1. The fourth-order valence-corrected chi connectivity index (χ4v) is 3.92. The van der Waals surface area contributed by atoms with Crippen molar-refractivity contribution in [2.45, 2.75) is 42.5 Å². The van der Waals surface area contributed by atoms with Crippen LogP contribution in [0.15, 0.2) is 23.1 Å². The maximum Gasteiger partial charge on any atom is 0.331 e. The average molecular weight is 395 g/mol. The zero-order valence-corrected chi connectivity index (χ0v) is 15.7. The molecule has 0 aromatic heterocycles. The monoisotopic (exact) mass is 395 g/mol. The zero-order chi connectivity index (χ0) is 20.0. The van der Waals surface area contributed by atoms with Crippen LogP contribution in [-0.4, -0.2) is 41.1 Å². The van der Waals surface area contributed by atoms with Crippen molar-refractivity contribution in [2.24, 2.45) is 5.73 Å². The van der Waals surface area contributed by atoms with E-state index in [-0.39, 0.29) is 21.9 Å². The Morgan fingerprint density at radius 3 is 2.52 bits per heavy atom. The van der Waals surface area contributed by atoms with Crippen LogP contribution in [0.1, 0.15) is 42.5 Å². The van der Waals surface area contributed by atoms with Crippen LogP contribution in [0.2, 0.25) is 0 Å². The summed E-state index contributed by atoms with van der Waals surface area (Å²) >= 11 is 0.953. The molecule has 2 rings (SSSR count). The maximum atomic E-state index is 12.4. The highest BCUT2D eigenvalue weighted by molar-refractivity contribution is 8.00. The van der Waals surface area contributed by atoms with Crippen molar-refractivity contribution in [2.75, 3.05) is 12.9 Å². The number of nitrogens with two attached hydrogens (primary N) is 1. The van der Waals surface area contributed by atoms with Crippen LogP contribution in [0.4, 0.5) is 5.69 Å². The Hall–Kier alpha value is -2.62. The Balaban J connectivity index is 2.09. The molecule has 1 fully saturated rings. The molecule has 0 heterocycles. The third kappa shape index (κ3) is 4.97. The SMILES string of the molecule is COC(=O)C1(NC(=O)CSc2ccc(C(N)=O)cc2[N+](=O)[O-])CCCCC1. The molecule has 0 saturated heterocycles. The number of carbonyl (C=O) groups excluding carboxylic acids is 3. The number of ether oxygens (including phenoxy) is 1. The van der Waals surface area contributed by atoms with Crippen molar-refractivity contribution in [1.29, 1.82) is 0 Å². The Labute approximate surface area is 160 Å². The summed E-state index contributed by atoms with van der Waals surface area (Å²) in [5.41, 5.74) is 3.82. The Bertz CT molecular complexity index is 761. The molecule has 0 unspecified atom stereocenters. The second-order valence-electron chi connectivity index (χ2n) is 6.28. The predicted molar refractivity (Wildman–Crippen MR) is 98.3 cm³/mol. The first-order valence-corrected chi connectivity index (χ1v) is 9.38. The van der Waals surface area contributed by atoms with Gasteiger partial charge in [-0.2, -0.15) is 0 Å². The topological polar surface area (TPSA) is 142 Å². The molecule has 0 spiro atoms. The van der Waals surface area contributed by atoms with Gasteiger partial charge in [0, 0.05) is 11.6 Å². The summed E-state index contributed by atoms with van der Waals surface area (Å²) < 4.78 is 4.85. The van der Waals surface area contributed by atoms with Gasteiger partial charge in [-0.15, -0.1) is 11.8 Å². The molecular formula is C17H21N3O6S. The molecule has 2 amide bonds. The fourth-order valence-electron chi connectivity index (χ4n) is 3.11. The second-order valence-corrected chi connectivity index (χ2v) is 7.29. The van der Waals surface area contributed by atoms with Gasteiger partial charge in [0.05, 0.1) is 22.7 Å². The van der Waals surface area contributed by atoms with E-state index in [4.69, 9.17) is 10.5 Å². The molecule has 0 radical (unpaired) electrons. The summed E-state index contributed by atoms with van der Waals surface area (Å²) in [6, 6.07) is 3.83. The lowest BCUT2D eigenvalue weighted by atomic mass is 9.81. The molecule has 0 bridgehead atoms. The number of esters is 1. The molecule has 27 heavy (non-hydrogen) atoms. The normalized spacial score (nSPS) is 15.6. The van der Waals surface area contributed by atoms with Crippen molar-refractivity contribution < 1.29 is 24.0 Å². The van der Waals surface area contributed by atoms with Gasteiger partial charge in [-0.3, -0.25) is 19.7 Å². The molecule has 1 aliphatic rings. The van der Waals surface area contributed by atoms with Crippen molar-refractivity contribution in [3.05, 3.63) is 33.9 Å². The summed E-state index contributed by atoms with van der Waals surface area (Å²) in [6.07, 6.45) is 3.61. The van der Waals surface area contributed by atoms with Crippen LogP contribution >= 0.6 is 11.8 Å². The molecule has 1 aromatic carbocycles. The van der Waals surface area contributed by atoms with Gasteiger partial charge >= 0.3 is 5.97 Å². The number of nitrogens with one attached hydrogen (secondary N) is 1. The number of amides is 2. The van der Waals surface area contributed by atoms with Crippen LogP contribution in [0.5, 0.6) is 0 Å². The number of nitrogens with zero attached hydrogens (tertiary/aromatic N) is 1. The van der Waals surface area contributed by atoms with Gasteiger partial charge in [-0.25, -0.2) is 4.79 Å². The van der Waals surface area contributed by atoms with Gasteiger partial charge in [-0.05, 0) is 25.0 Å². The standard InChI is InChI=1S/C17H21N3O6S/c1-26-16(23)17(7-3-2-4-8-17)19-14(21)10-27-13-6-5-11(15(18)22)9-12(13)20(24)25/h5-6,9H,2-4,7-8,10H2,1H3,(H2,18,22)(H,19,21). The number of nitro benzene ring substituents is 1. The minimum atomic E-state index is -1.04. The van der Waals surface area contributed by atoms with Crippen molar-refractivity contribution in [3.8, 4) is 0 Å². The number of primary amides is 1. The van der Waals surface area contributed by atoms with Crippen LogP contribution in [-0.2, 0) is 14.3 Å². The van der Waals surface area contributed by atoms with E-state index in [0.717, 1.165) is 37.1 Å². The lowest BCUT2D eigenvalue weighted by Gasteiger charge is -2.35. The highest BCUT2D eigenvalue weighted by Gasteiger charge is 2.41. The van der Waals surface area contributed by atoms with E-state index in [1.165, 1.54) is 19.2 Å². The number of hydrogen-bond acceptors (Lipinski definition) is 7. The third-order valence-electron chi connectivity index (χ3n) is 4.46. The number of carbonyl (C=O) groups is 3. The van der Waals surface area contributed by atoms with Crippen LogP contribution in [0.3, 0.4) is 0 Å². The van der Waals surface area contributed by atoms with Gasteiger partial charge in [0.1, 0.15) is 5.54 Å². The molecule has 1 aliphatic carbocycles. The minimum absolute atomic E-state index is 0.0161. The van der Waals surface area contributed by atoms with Crippen LogP contribution in [0.25, 0.3) is 0 Å². The summed E-state index contributed by atoms with van der Waals surface area (Å²) in [7, 11) is 1.28. The van der Waals surface area contributed by atoms with E-state index in [9.17, 15) is 24.5 Å². The highest BCUT2D eigenvalue weighted by atomic mass is 32.2. The molecule has 0 atom stereocenters. The molecule has 146 valence electrons. The summed E-state index contributed by atoms with van der Waals surface area (Å²) in [4.78, 5) is 46.5. The van der Waals surface area contributed by atoms with Gasteiger partial charge in [0.15, 0.2) is 0 Å². The van der Waals surface area contributed by atoms with Gasteiger partial charge in [0.25, 0.3) is 5.69 Å². The first-order chi connectivity index (χ1) is 12.8. The Morgan fingerprint density at radius 1 is 1.30 bits per heavy atom. The smallest absolute Gasteiger partial charge is 0.331 e. The first kappa shape index (κ1) is 20.7. The average Bonchev–Trinajstić information content (AvgIpc) is 2.66. The van der Waals surface area contributed by atoms with Crippen molar-refractivity contribution in [1.82, 2.24) is 5.32 Å². The van der Waals surface area contributed by atoms with E-state index < -0.39 is 28.2 Å². The summed E-state index contributed by atoms with van der Waals surface area (Å²) in [6.45, 7) is 0. The first-order valence-electron chi connectivity index (χ1n) is 8.39. The second kappa shape index (κ2) is 8.85. The lowest BCUT2D eigenvalue weighted by Crippen LogP contribution is -2.56. The van der Waals surface area contributed by atoms with Gasteiger partial charge in [0.2, 0.25) is 11.8 Å². The molecule has 3 N–H and O–H groups in total. The predicted octanol–water partition coefficient (Wildman–Crippen LogP) is 1.78. The quantitative estimate of drug-likeness (QED) is 0.310. The van der Waals surface area contributed by atoms with E-state index in [1.54, 1.807) is 0 Å². The number of nitro groups is 1.